The van der Waals surface area contributed by atoms with Gasteiger partial charge in [0.1, 0.15) is 22.3 Å². The molecule has 0 N–H and O–H groups in total. The highest BCUT2D eigenvalue weighted by Crippen LogP contribution is 2.42. The van der Waals surface area contributed by atoms with Gasteiger partial charge in [0.25, 0.3) is 0 Å². The Morgan fingerprint density at radius 2 is 1.67 bits per heavy atom. The van der Waals surface area contributed by atoms with Crippen LogP contribution in [0.3, 0.4) is 0 Å². The second-order valence-electron chi connectivity index (χ2n) is 8.42. The lowest BCUT2D eigenvalue weighted by Gasteiger charge is -2.35. The number of thiophene rings is 1. The highest BCUT2D eigenvalue weighted by Gasteiger charge is 2.24. The van der Waals surface area contributed by atoms with Gasteiger partial charge in [0.15, 0.2) is 0 Å². The second kappa shape index (κ2) is 9.41. The summed E-state index contributed by atoms with van der Waals surface area (Å²) >= 11 is 1.69. The molecule has 0 unspecified atom stereocenters. The summed E-state index contributed by atoms with van der Waals surface area (Å²) in [5.41, 5.74) is 3.37. The predicted molar refractivity (Wildman–Crippen MR) is 136 cm³/mol. The molecule has 0 radical (unpaired) electrons. The fraction of sp³-hybridized carbons (Fsp3) is 0.259. The molecule has 0 amide bonds. The largest absolute Gasteiger partial charge is 0.353 e. The van der Waals surface area contributed by atoms with Gasteiger partial charge < -0.3 is 4.90 Å². The van der Waals surface area contributed by atoms with Crippen LogP contribution in [0.4, 0.5) is 10.2 Å². The molecule has 0 aliphatic carbocycles. The van der Waals surface area contributed by atoms with E-state index >= 15 is 0 Å². The van der Waals surface area contributed by atoms with Crippen LogP contribution in [0, 0.1) is 19.7 Å². The van der Waals surface area contributed by atoms with Gasteiger partial charge in [-0.2, -0.15) is 0 Å². The van der Waals surface area contributed by atoms with Gasteiger partial charge >= 0.3 is 0 Å². The van der Waals surface area contributed by atoms with E-state index in [1.54, 1.807) is 11.3 Å². The molecule has 6 heteroatoms. The van der Waals surface area contributed by atoms with Gasteiger partial charge in [-0.15, -0.1) is 11.3 Å². The van der Waals surface area contributed by atoms with Crippen molar-refractivity contribution in [2.24, 2.45) is 0 Å². The zero-order valence-electron chi connectivity index (χ0n) is 19.0. The Labute approximate surface area is 198 Å². The van der Waals surface area contributed by atoms with Crippen LogP contribution >= 0.6 is 11.3 Å². The average Bonchev–Trinajstić information content (AvgIpc) is 3.15. The molecule has 0 saturated carbocycles. The number of benzene rings is 2. The molecule has 33 heavy (non-hydrogen) atoms. The summed E-state index contributed by atoms with van der Waals surface area (Å²) in [6, 6.07) is 17.2. The van der Waals surface area contributed by atoms with E-state index < -0.39 is 0 Å². The van der Waals surface area contributed by atoms with Crippen molar-refractivity contribution in [3.05, 3.63) is 82.8 Å². The molecule has 5 rings (SSSR count). The lowest BCUT2D eigenvalue weighted by Crippen LogP contribution is -2.46. The van der Waals surface area contributed by atoms with Gasteiger partial charge in [-0.1, -0.05) is 54.6 Å². The Kier molecular flexibility index (Phi) is 6.20. The number of rotatable bonds is 5. The Balaban J connectivity index is 1.38. The Hall–Kier alpha value is -3.09. The molecule has 1 fully saturated rings. The van der Waals surface area contributed by atoms with Crippen LogP contribution in [0.15, 0.2) is 60.7 Å². The smallest absolute Gasteiger partial charge is 0.141 e. The number of anilines is 1. The number of aromatic nitrogens is 2. The fourth-order valence-corrected chi connectivity index (χ4v) is 5.52. The molecular formula is C27H27FN4S. The SMILES string of the molecule is Cc1nc(N2CCN(C/C=C/c3ccccc3)CC2)c2c(-c3ccc(F)cc3)c(C)sc2n1. The molecule has 4 aromatic rings. The van der Waals surface area contributed by atoms with E-state index in [1.165, 1.54) is 22.6 Å². The maximum atomic E-state index is 13.5. The van der Waals surface area contributed by atoms with Crippen molar-refractivity contribution in [2.75, 3.05) is 37.6 Å². The van der Waals surface area contributed by atoms with E-state index in [0.29, 0.717) is 0 Å². The first-order valence-corrected chi connectivity index (χ1v) is 12.1. The third-order valence-corrected chi connectivity index (χ3v) is 7.10. The molecule has 1 saturated heterocycles. The highest BCUT2D eigenvalue weighted by atomic mass is 32.1. The predicted octanol–water partition coefficient (Wildman–Crippen LogP) is 5.95. The van der Waals surface area contributed by atoms with E-state index in [2.05, 4.69) is 53.1 Å². The van der Waals surface area contributed by atoms with Gasteiger partial charge in [-0.05, 0) is 37.1 Å². The molecule has 3 heterocycles. The maximum Gasteiger partial charge on any atom is 0.141 e. The molecule has 168 valence electrons. The van der Waals surface area contributed by atoms with E-state index in [9.17, 15) is 4.39 Å². The zero-order chi connectivity index (χ0) is 22.8. The number of fused-ring (bicyclic) bond motifs is 1. The number of nitrogens with zero attached hydrogens (tertiary/aromatic N) is 4. The van der Waals surface area contributed by atoms with Crippen molar-refractivity contribution in [2.45, 2.75) is 13.8 Å². The van der Waals surface area contributed by atoms with Crippen molar-refractivity contribution < 1.29 is 4.39 Å². The monoisotopic (exact) mass is 458 g/mol. The van der Waals surface area contributed by atoms with Crippen LogP contribution in [-0.4, -0.2) is 47.6 Å². The molecule has 0 spiro atoms. The molecule has 0 atom stereocenters. The summed E-state index contributed by atoms with van der Waals surface area (Å²) in [5, 5.41) is 1.09. The van der Waals surface area contributed by atoms with Crippen molar-refractivity contribution in [3.8, 4) is 11.1 Å². The molecule has 1 aliphatic rings. The van der Waals surface area contributed by atoms with Crippen LogP contribution in [0.2, 0.25) is 0 Å². The molecule has 1 aliphatic heterocycles. The lowest BCUT2D eigenvalue weighted by atomic mass is 10.0. The van der Waals surface area contributed by atoms with Gasteiger partial charge in [0.2, 0.25) is 0 Å². The lowest BCUT2D eigenvalue weighted by molar-refractivity contribution is 0.284. The Morgan fingerprint density at radius 3 is 2.39 bits per heavy atom. The summed E-state index contributed by atoms with van der Waals surface area (Å²) in [4.78, 5) is 16.7. The number of hydrogen-bond donors (Lipinski definition) is 0. The first-order valence-electron chi connectivity index (χ1n) is 11.3. The minimum Gasteiger partial charge on any atom is -0.353 e. The van der Waals surface area contributed by atoms with E-state index in [1.807, 2.05) is 25.1 Å². The van der Waals surface area contributed by atoms with Gasteiger partial charge in [-0.25, -0.2) is 14.4 Å². The number of hydrogen-bond acceptors (Lipinski definition) is 5. The Bertz CT molecular complexity index is 1270. The summed E-state index contributed by atoms with van der Waals surface area (Å²) in [6.07, 6.45) is 4.43. The van der Waals surface area contributed by atoms with Crippen LogP contribution in [-0.2, 0) is 0 Å². The topological polar surface area (TPSA) is 32.3 Å². The summed E-state index contributed by atoms with van der Waals surface area (Å²) in [7, 11) is 0. The van der Waals surface area contributed by atoms with Gasteiger partial charge in [0, 0.05) is 43.2 Å². The van der Waals surface area contributed by atoms with E-state index in [-0.39, 0.29) is 5.82 Å². The van der Waals surface area contributed by atoms with Crippen molar-refractivity contribution in [1.29, 1.82) is 0 Å². The number of halogens is 1. The maximum absolute atomic E-state index is 13.5. The zero-order valence-corrected chi connectivity index (χ0v) is 19.8. The summed E-state index contributed by atoms with van der Waals surface area (Å²) < 4.78 is 13.5. The van der Waals surface area contributed by atoms with E-state index in [0.717, 1.165) is 65.7 Å². The molecule has 2 aromatic carbocycles. The van der Waals surface area contributed by atoms with Crippen LogP contribution in [0.5, 0.6) is 0 Å². The first-order chi connectivity index (χ1) is 16.1. The molecular weight excluding hydrogens is 431 g/mol. The third-order valence-electron chi connectivity index (χ3n) is 6.10. The van der Waals surface area contributed by atoms with Crippen molar-refractivity contribution in [1.82, 2.24) is 14.9 Å². The number of aryl methyl sites for hydroxylation is 2. The third kappa shape index (κ3) is 4.68. The summed E-state index contributed by atoms with van der Waals surface area (Å²) in [5.74, 6) is 1.57. The number of piperazine rings is 1. The standard InChI is InChI=1S/C27H27FN4S/c1-19-24(22-10-12-23(28)13-11-22)25-26(29-20(2)30-27(25)33-19)32-17-15-31(16-18-32)14-6-9-21-7-4-3-5-8-21/h3-13H,14-18H2,1-2H3/b9-6+. The highest BCUT2D eigenvalue weighted by molar-refractivity contribution is 7.19. The summed E-state index contributed by atoms with van der Waals surface area (Å²) in [6.45, 7) is 8.82. The van der Waals surface area contributed by atoms with Crippen molar-refractivity contribution in [3.63, 3.8) is 0 Å². The van der Waals surface area contributed by atoms with Crippen LogP contribution in [0.1, 0.15) is 16.3 Å². The van der Waals surface area contributed by atoms with Crippen LogP contribution < -0.4 is 4.90 Å². The van der Waals surface area contributed by atoms with Crippen LogP contribution in [0.25, 0.3) is 27.4 Å². The minimum atomic E-state index is -0.222. The van der Waals surface area contributed by atoms with E-state index in [4.69, 9.17) is 9.97 Å². The normalized spacial score (nSPS) is 15.1. The average molecular weight is 459 g/mol. The van der Waals surface area contributed by atoms with Crippen molar-refractivity contribution >= 4 is 33.4 Å². The second-order valence-corrected chi connectivity index (χ2v) is 9.62. The molecule has 2 aromatic heterocycles. The quantitative estimate of drug-likeness (QED) is 0.370. The molecule has 4 nitrogen and oxygen atoms in total. The van der Waals surface area contributed by atoms with Gasteiger partial charge in [-0.3, -0.25) is 4.90 Å². The Morgan fingerprint density at radius 1 is 0.939 bits per heavy atom. The van der Waals surface area contributed by atoms with Gasteiger partial charge in [0.05, 0.1) is 5.39 Å². The molecule has 0 bridgehead atoms. The minimum absolute atomic E-state index is 0.222. The first kappa shape index (κ1) is 21.7. The fourth-order valence-electron chi connectivity index (χ4n) is 4.43.